The van der Waals surface area contributed by atoms with Gasteiger partial charge in [0.25, 0.3) is 0 Å². The molecule has 0 spiro atoms. The Kier molecular flexibility index (Phi) is 10.3. The predicted molar refractivity (Wildman–Crippen MR) is 98.4 cm³/mol. The summed E-state index contributed by atoms with van der Waals surface area (Å²) in [4.78, 5) is 28.9. The summed E-state index contributed by atoms with van der Waals surface area (Å²) >= 11 is 0. The van der Waals surface area contributed by atoms with Crippen molar-refractivity contribution in [2.24, 2.45) is 0 Å². The Bertz CT molecular complexity index is 389. The lowest BCUT2D eigenvalue weighted by atomic mass is 10.0. The number of rotatable bonds is 7. The molecule has 2 N–H and O–H groups in total. The fourth-order valence-corrected chi connectivity index (χ4v) is 3.43. The van der Waals surface area contributed by atoms with E-state index in [1.54, 1.807) is 4.90 Å². The number of hydrogen-bond acceptors (Lipinski definition) is 4. The molecule has 2 saturated heterocycles. The molecule has 1 atom stereocenters. The van der Waals surface area contributed by atoms with Crippen LogP contribution in [-0.4, -0.2) is 73.5 Å². The highest BCUT2D eigenvalue weighted by atomic mass is 35.5. The summed E-state index contributed by atoms with van der Waals surface area (Å²) in [6, 6.07) is -0.248. The van der Waals surface area contributed by atoms with Gasteiger partial charge in [0.1, 0.15) is 6.04 Å². The lowest BCUT2D eigenvalue weighted by Crippen LogP contribution is -2.52. The van der Waals surface area contributed by atoms with Crippen molar-refractivity contribution in [2.45, 2.75) is 51.5 Å². The number of likely N-dealkylation sites (tertiary alicyclic amines) is 1. The minimum Gasteiger partial charge on any atom is -0.354 e. The van der Waals surface area contributed by atoms with Gasteiger partial charge in [0, 0.05) is 45.7 Å². The average molecular weight is 361 g/mol. The Morgan fingerprint density at radius 1 is 1.17 bits per heavy atom. The van der Waals surface area contributed by atoms with Crippen LogP contribution in [0.15, 0.2) is 0 Å². The van der Waals surface area contributed by atoms with E-state index < -0.39 is 0 Å². The predicted octanol–water partition coefficient (Wildman–Crippen LogP) is 1.00. The van der Waals surface area contributed by atoms with Gasteiger partial charge in [-0.25, -0.2) is 0 Å². The van der Waals surface area contributed by atoms with Crippen molar-refractivity contribution in [3.8, 4) is 0 Å². The van der Waals surface area contributed by atoms with Gasteiger partial charge in [-0.1, -0.05) is 6.92 Å². The maximum Gasteiger partial charge on any atom is 0.242 e. The van der Waals surface area contributed by atoms with E-state index in [1.807, 2.05) is 6.92 Å². The smallest absolute Gasteiger partial charge is 0.242 e. The van der Waals surface area contributed by atoms with Gasteiger partial charge in [-0.05, 0) is 38.6 Å². The second-order valence-electron chi connectivity index (χ2n) is 6.58. The molecule has 140 valence electrons. The fourth-order valence-electron chi connectivity index (χ4n) is 3.43. The number of carbonyl (C=O) groups is 2. The molecule has 2 heterocycles. The quantitative estimate of drug-likeness (QED) is 0.665. The largest absolute Gasteiger partial charge is 0.354 e. The van der Waals surface area contributed by atoms with Crippen molar-refractivity contribution in [1.29, 1.82) is 0 Å². The van der Waals surface area contributed by atoms with Crippen molar-refractivity contribution < 1.29 is 9.59 Å². The lowest BCUT2D eigenvalue weighted by Gasteiger charge is -2.35. The van der Waals surface area contributed by atoms with Gasteiger partial charge in [-0.3, -0.25) is 9.59 Å². The lowest BCUT2D eigenvalue weighted by molar-refractivity contribution is -0.142. The third-order valence-corrected chi connectivity index (χ3v) is 4.75. The molecule has 24 heavy (non-hydrogen) atoms. The highest BCUT2D eigenvalue weighted by Crippen LogP contribution is 2.18. The number of carbonyl (C=O) groups excluding carboxylic acids is 2. The molecule has 6 nitrogen and oxygen atoms in total. The summed E-state index contributed by atoms with van der Waals surface area (Å²) in [7, 11) is 0. The first-order chi connectivity index (χ1) is 11.2. The van der Waals surface area contributed by atoms with Crippen LogP contribution < -0.4 is 10.6 Å². The van der Waals surface area contributed by atoms with Gasteiger partial charge < -0.3 is 20.4 Å². The monoisotopic (exact) mass is 360 g/mol. The zero-order chi connectivity index (χ0) is 16.5. The fraction of sp³-hybridized carbons (Fsp3) is 0.882. The van der Waals surface area contributed by atoms with Crippen LogP contribution in [0.2, 0.25) is 0 Å². The molecular weight excluding hydrogens is 328 g/mol. The summed E-state index contributed by atoms with van der Waals surface area (Å²) < 4.78 is 0. The van der Waals surface area contributed by atoms with Crippen LogP contribution in [0, 0.1) is 0 Å². The van der Waals surface area contributed by atoms with Crippen LogP contribution in [0.3, 0.4) is 0 Å². The second kappa shape index (κ2) is 11.7. The molecule has 2 amide bonds. The van der Waals surface area contributed by atoms with Crippen LogP contribution in [0.25, 0.3) is 0 Å². The second-order valence-corrected chi connectivity index (χ2v) is 6.58. The van der Waals surface area contributed by atoms with E-state index in [9.17, 15) is 9.59 Å². The summed E-state index contributed by atoms with van der Waals surface area (Å²) in [6.45, 7) is 8.78. The summed E-state index contributed by atoms with van der Waals surface area (Å²) in [6.07, 6.45) is 5.22. The molecule has 0 radical (unpaired) electrons. The summed E-state index contributed by atoms with van der Waals surface area (Å²) in [5.41, 5.74) is 0. The first-order valence-electron chi connectivity index (χ1n) is 9.22. The van der Waals surface area contributed by atoms with E-state index >= 15 is 0 Å². The number of amides is 2. The molecule has 0 aliphatic carbocycles. The first-order valence-corrected chi connectivity index (χ1v) is 9.22. The number of hydrogen-bond donors (Lipinski definition) is 2. The normalized spacial score (nSPS) is 21.9. The number of halogens is 1. The van der Waals surface area contributed by atoms with E-state index in [0.717, 1.165) is 71.4 Å². The molecule has 2 aliphatic rings. The van der Waals surface area contributed by atoms with E-state index in [1.165, 1.54) is 0 Å². The molecular formula is C17H33ClN4O2. The molecule has 0 aromatic carbocycles. The third kappa shape index (κ3) is 6.57. The minimum absolute atomic E-state index is 0. The Morgan fingerprint density at radius 3 is 2.62 bits per heavy atom. The standard InChI is InChI=1S/C17H32N4O2.ClH/c1-2-6-16(22)21-12-4-3-7-15(21)17(23)19-8-5-11-20-13-9-18-10-14-20;/h15,18H,2-14H2,1H3,(H,19,23);1H. The summed E-state index contributed by atoms with van der Waals surface area (Å²) in [5, 5.41) is 6.39. The molecule has 2 aliphatic heterocycles. The van der Waals surface area contributed by atoms with Crippen LogP contribution in [-0.2, 0) is 9.59 Å². The van der Waals surface area contributed by atoms with Crippen molar-refractivity contribution >= 4 is 24.2 Å². The van der Waals surface area contributed by atoms with Crippen molar-refractivity contribution in [1.82, 2.24) is 20.4 Å². The molecule has 0 bridgehead atoms. The van der Waals surface area contributed by atoms with Crippen LogP contribution in [0.5, 0.6) is 0 Å². The number of piperazine rings is 1. The van der Waals surface area contributed by atoms with Gasteiger partial charge in [0.05, 0.1) is 0 Å². The van der Waals surface area contributed by atoms with Crippen LogP contribution >= 0.6 is 12.4 Å². The van der Waals surface area contributed by atoms with E-state index in [2.05, 4.69) is 15.5 Å². The number of piperidine rings is 1. The Labute approximate surface area is 152 Å². The van der Waals surface area contributed by atoms with Gasteiger partial charge in [0.15, 0.2) is 0 Å². The molecule has 0 saturated carbocycles. The highest BCUT2D eigenvalue weighted by molar-refractivity contribution is 5.87. The highest BCUT2D eigenvalue weighted by Gasteiger charge is 2.31. The van der Waals surface area contributed by atoms with Crippen LogP contribution in [0.4, 0.5) is 0 Å². The van der Waals surface area contributed by atoms with E-state index in [4.69, 9.17) is 0 Å². The minimum atomic E-state index is -0.248. The van der Waals surface area contributed by atoms with Gasteiger partial charge in [-0.15, -0.1) is 12.4 Å². The average Bonchev–Trinajstić information content (AvgIpc) is 2.59. The van der Waals surface area contributed by atoms with Crippen molar-refractivity contribution in [3.63, 3.8) is 0 Å². The van der Waals surface area contributed by atoms with Gasteiger partial charge in [0.2, 0.25) is 11.8 Å². The summed E-state index contributed by atoms with van der Waals surface area (Å²) in [5.74, 6) is 0.169. The third-order valence-electron chi connectivity index (χ3n) is 4.75. The Morgan fingerprint density at radius 2 is 1.92 bits per heavy atom. The number of nitrogens with one attached hydrogen (secondary N) is 2. The van der Waals surface area contributed by atoms with E-state index in [0.29, 0.717) is 13.0 Å². The molecule has 2 rings (SSSR count). The van der Waals surface area contributed by atoms with Crippen LogP contribution in [0.1, 0.15) is 45.4 Å². The zero-order valence-corrected chi connectivity index (χ0v) is 15.7. The molecule has 2 fully saturated rings. The van der Waals surface area contributed by atoms with Gasteiger partial charge >= 0.3 is 0 Å². The van der Waals surface area contributed by atoms with Crippen molar-refractivity contribution in [2.75, 3.05) is 45.8 Å². The Balaban J connectivity index is 0.00000288. The maximum atomic E-state index is 12.4. The molecule has 0 aromatic heterocycles. The first kappa shape index (κ1) is 21.2. The number of nitrogens with zero attached hydrogens (tertiary/aromatic N) is 2. The molecule has 0 aromatic rings. The zero-order valence-electron chi connectivity index (χ0n) is 14.9. The van der Waals surface area contributed by atoms with Gasteiger partial charge in [-0.2, -0.15) is 0 Å². The topological polar surface area (TPSA) is 64.7 Å². The van der Waals surface area contributed by atoms with E-state index in [-0.39, 0.29) is 30.3 Å². The van der Waals surface area contributed by atoms with Crippen molar-refractivity contribution in [3.05, 3.63) is 0 Å². The molecule has 1 unspecified atom stereocenters. The molecule has 7 heteroatoms. The maximum absolute atomic E-state index is 12.4. The SMILES string of the molecule is CCCC(=O)N1CCCCC1C(=O)NCCCN1CCNCC1.Cl. The Hall–Kier alpha value is -0.850.